The second kappa shape index (κ2) is 6.27. The van der Waals surface area contributed by atoms with Crippen LogP contribution in [0.1, 0.15) is 13.8 Å². The largest absolute Gasteiger partial charge is 0.469 e. The monoisotopic (exact) mass is 222 g/mol. The lowest BCUT2D eigenvalue weighted by atomic mass is 9.97. The molecule has 0 fully saturated rings. The predicted octanol–water partition coefficient (Wildman–Crippen LogP) is 0.272. The summed E-state index contributed by atoms with van der Waals surface area (Å²) in [5.74, 6) is 0.733. The molecule has 0 saturated carbocycles. The summed E-state index contributed by atoms with van der Waals surface area (Å²) in [7, 11) is 1.36. The molecule has 4 nitrogen and oxygen atoms in total. The van der Waals surface area contributed by atoms with Crippen LogP contribution in [0.3, 0.4) is 0 Å². The second-order valence-corrected chi connectivity index (χ2v) is 4.76. The summed E-state index contributed by atoms with van der Waals surface area (Å²) in [6.45, 7) is 3.33. The summed E-state index contributed by atoms with van der Waals surface area (Å²) in [5.41, 5.74) is -0.547. The van der Waals surface area contributed by atoms with Gasteiger partial charge < -0.3 is 14.9 Å². The average Bonchev–Trinajstić information content (AvgIpc) is 2.15. The van der Waals surface area contributed by atoms with Gasteiger partial charge in [-0.1, -0.05) is 0 Å². The Hall–Kier alpha value is -0.260. The van der Waals surface area contributed by atoms with Crippen molar-refractivity contribution in [3.05, 3.63) is 0 Å². The normalized spacial score (nSPS) is 13.8. The molecule has 0 rings (SSSR count). The van der Waals surface area contributed by atoms with E-state index in [9.17, 15) is 4.79 Å². The van der Waals surface area contributed by atoms with Crippen LogP contribution in [-0.4, -0.2) is 47.5 Å². The molecule has 0 aliphatic carbocycles. The molecule has 5 heteroatoms. The third-order valence-corrected chi connectivity index (χ3v) is 3.27. The van der Waals surface area contributed by atoms with Gasteiger partial charge in [0.15, 0.2) is 0 Å². The van der Waals surface area contributed by atoms with E-state index in [-0.39, 0.29) is 12.6 Å². The Bertz CT molecular complexity index is 182. The zero-order chi connectivity index (χ0) is 11.2. The Morgan fingerprint density at radius 3 is 2.57 bits per heavy atom. The number of ether oxygens (including phenoxy) is 1. The van der Waals surface area contributed by atoms with E-state index < -0.39 is 11.5 Å². The van der Waals surface area contributed by atoms with Crippen LogP contribution in [0.5, 0.6) is 0 Å². The molecule has 1 unspecified atom stereocenters. The summed E-state index contributed by atoms with van der Waals surface area (Å²) in [5, 5.41) is 17.6. The first kappa shape index (κ1) is 13.7. The minimum Gasteiger partial charge on any atom is -0.469 e. The minimum absolute atomic E-state index is 0.244. The molecule has 2 N–H and O–H groups in total. The van der Waals surface area contributed by atoms with Gasteiger partial charge in [-0.3, -0.25) is 4.79 Å². The summed E-state index contributed by atoms with van der Waals surface area (Å²) >= 11 is 1.43. The maximum atomic E-state index is 11.2. The van der Waals surface area contributed by atoms with Crippen LogP contribution in [0.25, 0.3) is 0 Å². The molecule has 84 valence electrons. The number of hydrogen-bond donors (Lipinski definition) is 2. The van der Waals surface area contributed by atoms with E-state index in [0.29, 0.717) is 11.5 Å². The lowest BCUT2D eigenvalue weighted by molar-refractivity contribution is -0.149. The first-order valence-electron chi connectivity index (χ1n) is 4.39. The molecule has 0 spiro atoms. The quantitative estimate of drug-likeness (QED) is 0.632. The van der Waals surface area contributed by atoms with Crippen molar-refractivity contribution in [2.45, 2.75) is 20.0 Å². The van der Waals surface area contributed by atoms with E-state index in [2.05, 4.69) is 4.74 Å². The third kappa shape index (κ3) is 4.83. The van der Waals surface area contributed by atoms with Gasteiger partial charge in [0.05, 0.1) is 25.2 Å². The molecule has 0 aromatic rings. The Kier molecular flexibility index (Phi) is 6.15. The van der Waals surface area contributed by atoms with Crippen molar-refractivity contribution in [3.63, 3.8) is 0 Å². The van der Waals surface area contributed by atoms with Gasteiger partial charge in [-0.2, -0.15) is 11.8 Å². The van der Waals surface area contributed by atoms with Crippen LogP contribution in [0.2, 0.25) is 0 Å². The molecule has 0 aromatic heterocycles. The maximum absolute atomic E-state index is 11.2. The maximum Gasteiger partial charge on any atom is 0.312 e. The minimum atomic E-state index is -0.714. The van der Waals surface area contributed by atoms with Crippen molar-refractivity contribution >= 4 is 17.7 Å². The highest BCUT2D eigenvalue weighted by atomic mass is 32.2. The van der Waals surface area contributed by atoms with Gasteiger partial charge in [0, 0.05) is 11.5 Å². The van der Waals surface area contributed by atoms with Crippen LogP contribution in [-0.2, 0) is 9.53 Å². The fraction of sp³-hybridized carbons (Fsp3) is 0.889. The fourth-order valence-electron chi connectivity index (χ4n) is 0.838. The second-order valence-electron chi connectivity index (χ2n) is 3.73. The first-order valence-corrected chi connectivity index (χ1v) is 5.54. The fourth-order valence-corrected chi connectivity index (χ4v) is 1.96. The number of aliphatic hydroxyl groups is 2. The first-order chi connectivity index (χ1) is 6.44. The molecule has 0 aromatic carbocycles. The molecule has 1 atom stereocenters. The molecule has 0 radical (unpaired) electrons. The molecule has 0 heterocycles. The SMILES string of the molecule is COC(=O)C(C)(C)CSCC(O)CO. The van der Waals surface area contributed by atoms with E-state index in [1.54, 1.807) is 13.8 Å². The smallest absolute Gasteiger partial charge is 0.312 e. The van der Waals surface area contributed by atoms with Crippen molar-refractivity contribution in [3.8, 4) is 0 Å². The van der Waals surface area contributed by atoms with Crippen LogP contribution < -0.4 is 0 Å². The highest BCUT2D eigenvalue weighted by molar-refractivity contribution is 7.99. The number of thioether (sulfide) groups is 1. The van der Waals surface area contributed by atoms with Crippen LogP contribution >= 0.6 is 11.8 Å². The summed E-state index contributed by atoms with van der Waals surface area (Å²) in [6, 6.07) is 0. The highest BCUT2D eigenvalue weighted by Crippen LogP contribution is 2.23. The molecule has 0 aliphatic heterocycles. The van der Waals surface area contributed by atoms with Crippen molar-refractivity contribution in [2.24, 2.45) is 5.41 Å². The summed E-state index contributed by atoms with van der Waals surface area (Å²) < 4.78 is 4.63. The van der Waals surface area contributed by atoms with Gasteiger partial charge in [0.25, 0.3) is 0 Å². The van der Waals surface area contributed by atoms with Gasteiger partial charge >= 0.3 is 5.97 Å². The van der Waals surface area contributed by atoms with E-state index >= 15 is 0 Å². The zero-order valence-corrected chi connectivity index (χ0v) is 9.63. The number of methoxy groups -OCH3 is 1. The van der Waals surface area contributed by atoms with Crippen molar-refractivity contribution < 1.29 is 19.7 Å². The number of carbonyl (C=O) groups is 1. The third-order valence-electron chi connectivity index (χ3n) is 1.72. The number of hydrogen-bond acceptors (Lipinski definition) is 5. The number of carbonyl (C=O) groups excluding carboxylic acids is 1. The summed E-state index contributed by atoms with van der Waals surface area (Å²) in [4.78, 5) is 11.2. The zero-order valence-electron chi connectivity index (χ0n) is 8.82. The predicted molar refractivity (Wildman–Crippen MR) is 56.2 cm³/mol. The molecule has 14 heavy (non-hydrogen) atoms. The van der Waals surface area contributed by atoms with Crippen molar-refractivity contribution in [1.29, 1.82) is 0 Å². The highest BCUT2D eigenvalue weighted by Gasteiger charge is 2.28. The van der Waals surface area contributed by atoms with Crippen molar-refractivity contribution in [1.82, 2.24) is 0 Å². The average molecular weight is 222 g/mol. The van der Waals surface area contributed by atoms with Gasteiger partial charge in [-0.25, -0.2) is 0 Å². The van der Waals surface area contributed by atoms with Gasteiger partial charge in [-0.05, 0) is 13.8 Å². The molecule has 0 amide bonds. The van der Waals surface area contributed by atoms with E-state index in [0.717, 1.165) is 0 Å². The molecular formula is C9H18O4S. The molecular weight excluding hydrogens is 204 g/mol. The van der Waals surface area contributed by atoms with Gasteiger partial charge in [0.2, 0.25) is 0 Å². The molecule has 0 saturated heterocycles. The Balaban J connectivity index is 3.82. The standard InChI is InChI=1S/C9H18O4S/c1-9(2,8(12)13-3)6-14-5-7(11)4-10/h7,10-11H,4-6H2,1-3H3. The van der Waals surface area contributed by atoms with Crippen LogP contribution in [0.4, 0.5) is 0 Å². The molecule has 0 aliphatic rings. The van der Waals surface area contributed by atoms with E-state index in [4.69, 9.17) is 10.2 Å². The molecule has 0 bridgehead atoms. The Labute approximate surface area is 88.6 Å². The Morgan fingerprint density at radius 1 is 1.57 bits per heavy atom. The van der Waals surface area contributed by atoms with Crippen LogP contribution in [0, 0.1) is 5.41 Å². The lowest BCUT2D eigenvalue weighted by Gasteiger charge is -2.21. The van der Waals surface area contributed by atoms with E-state index in [1.807, 2.05) is 0 Å². The topological polar surface area (TPSA) is 66.8 Å². The van der Waals surface area contributed by atoms with Gasteiger partial charge in [0.1, 0.15) is 0 Å². The Morgan fingerprint density at radius 2 is 2.14 bits per heavy atom. The number of esters is 1. The van der Waals surface area contributed by atoms with Crippen molar-refractivity contribution in [2.75, 3.05) is 25.2 Å². The lowest BCUT2D eigenvalue weighted by Crippen LogP contribution is -2.29. The summed E-state index contributed by atoms with van der Waals surface area (Å²) in [6.07, 6.45) is -0.714. The number of aliphatic hydroxyl groups excluding tert-OH is 2. The van der Waals surface area contributed by atoms with Gasteiger partial charge in [-0.15, -0.1) is 0 Å². The van der Waals surface area contributed by atoms with Crippen LogP contribution in [0.15, 0.2) is 0 Å². The number of rotatable bonds is 6. The van der Waals surface area contributed by atoms with E-state index in [1.165, 1.54) is 18.9 Å².